The van der Waals surface area contributed by atoms with E-state index in [2.05, 4.69) is 0 Å². The summed E-state index contributed by atoms with van der Waals surface area (Å²) in [5.74, 6) is 1.14. The summed E-state index contributed by atoms with van der Waals surface area (Å²) in [6.45, 7) is 5.04. The molecule has 1 saturated heterocycles. The van der Waals surface area contributed by atoms with Gasteiger partial charge >= 0.3 is 0 Å². The molecular formula is C20H31NO4. The molecule has 0 unspecified atom stereocenters. The van der Waals surface area contributed by atoms with Gasteiger partial charge in [-0.15, -0.1) is 0 Å². The number of ether oxygens (including phenoxy) is 2. The third-order valence-electron chi connectivity index (χ3n) is 4.49. The first kappa shape index (κ1) is 19.7. The zero-order chi connectivity index (χ0) is 17.9. The van der Waals surface area contributed by atoms with Gasteiger partial charge in [-0.1, -0.05) is 12.1 Å². The first-order valence-electron chi connectivity index (χ1n) is 9.39. The summed E-state index contributed by atoms with van der Waals surface area (Å²) in [7, 11) is 0. The lowest BCUT2D eigenvalue weighted by Gasteiger charge is -2.32. The molecule has 0 aliphatic carbocycles. The van der Waals surface area contributed by atoms with Crippen LogP contribution in [0.4, 0.5) is 0 Å². The molecule has 1 aliphatic rings. The number of carbonyl (C=O) groups excluding carboxylic acids is 1. The number of unbranched alkanes of at least 4 members (excludes halogenated alkanes) is 1. The number of piperidine rings is 1. The minimum Gasteiger partial charge on any atom is -0.494 e. The number of hydrogen-bond acceptors (Lipinski definition) is 4. The van der Waals surface area contributed by atoms with Crippen LogP contribution in [0.3, 0.4) is 0 Å². The van der Waals surface area contributed by atoms with E-state index in [1.807, 2.05) is 36.1 Å². The number of hydrogen-bond donors (Lipinski definition) is 1. The maximum absolute atomic E-state index is 12.3. The number of benzene rings is 1. The van der Waals surface area contributed by atoms with Crippen molar-refractivity contribution >= 4 is 5.91 Å². The lowest BCUT2D eigenvalue weighted by Crippen LogP contribution is -2.40. The molecule has 0 radical (unpaired) electrons. The van der Waals surface area contributed by atoms with Crippen LogP contribution in [0.5, 0.6) is 5.75 Å². The van der Waals surface area contributed by atoms with E-state index in [-0.39, 0.29) is 18.6 Å². The van der Waals surface area contributed by atoms with Gasteiger partial charge in [-0.25, -0.2) is 0 Å². The topological polar surface area (TPSA) is 59.0 Å². The number of carbonyl (C=O) groups is 1. The van der Waals surface area contributed by atoms with E-state index in [9.17, 15) is 4.79 Å². The molecule has 2 rings (SSSR count). The Bertz CT molecular complexity index is 512. The van der Waals surface area contributed by atoms with Gasteiger partial charge in [0.15, 0.2) is 0 Å². The summed E-state index contributed by atoms with van der Waals surface area (Å²) >= 11 is 0. The fraction of sp³-hybridized carbons (Fsp3) is 0.650. The van der Waals surface area contributed by atoms with E-state index < -0.39 is 0 Å². The molecule has 1 fully saturated rings. The Hall–Kier alpha value is -1.59. The van der Waals surface area contributed by atoms with Crippen molar-refractivity contribution in [3.63, 3.8) is 0 Å². The maximum atomic E-state index is 12.3. The fourth-order valence-corrected chi connectivity index (χ4v) is 3.02. The summed E-state index contributed by atoms with van der Waals surface area (Å²) in [5.41, 5.74) is 1.19. The van der Waals surface area contributed by atoms with Crippen LogP contribution >= 0.6 is 0 Å². The van der Waals surface area contributed by atoms with Crippen molar-refractivity contribution in [2.45, 2.75) is 51.6 Å². The van der Waals surface area contributed by atoms with Gasteiger partial charge in [-0.3, -0.25) is 4.79 Å². The Morgan fingerprint density at radius 1 is 1.20 bits per heavy atom. The highest BCUT2D eigenvalue weighted by molar-refractivity contribution is 5.76. The summed E-state index contributed by atoms with van der Waals surface area (Å²) in [4.78, 5) is 14.2. The third-order valence-corrected chi connectivity index (χ3v) is 4.49. The first-order valence-corrected chi connectivity index (χ1v) is 9.39. The predicted molar refractivity (Wildman–Crippen MR) is 97.8 cm³/mol. The number of rotatable bonds is 10. The molecule has 1 aromatic rings. The average Bonchev–Trinajstić information content (AvgIpc) is 2.62. The lowest BCUT2D eigenvalue weighted by molar-refractivity contribution is -0.134. The lowest BCUT2D eigenvalue weighted by atomic mass is 10.1. The molecule has 0 saturated carbocycles. The highest BCUT2D eigenvalue weighted by Crippen LogP contribution is 2.16. The summed E-state index contributed by atoms with van der Waals surface area (Å²) in [6, 6.07) is 8.03. The number of aliphatic hydroxyl groups excluding tert-OH is 1. The van der Waals surface area contributed by atoms with Crippen molar-refractivity contribution in [3.05, 3.63) is 29.8 Å². The Labute approximate surface area is 150 Å². The van der Waals surface area contributed by atoms with E-state index in [1.165, 1.54) is 5.56 Å². The van der Waals surface area contributed by atoms with Crippen molar-refractivity contribution in [2.24, 2.45) is 0 Å². The third kappa shape index (κ3) is 7.45. The number of aliphatic hydroxyl groups is 1. The molecule has 1 heterocycles. The second-order valence-electron chi connectivity index (χ2n) is 6.65. The minimum absolute atomic E-state index is 0.172. The Morgan fingerprint density at radius 3 is 2.72 bits per heavy atom. The smallest absolute Gasteiger partial charge is 0.222 e. The number of amides is 1. The van der Waals surface area contributed by atoms with Crippen LogP contribution in [0.1, 0.15) is 44.1 Å². The van der Waals surface area contributed by atoms with Crippen LogP contribution in [-0.2, 0) is 9.53 Å². The minimum atomic E-state index is 0.172. The second kappa shape index (κ2) is 11.1. The average molecular weight is 349 g/mol. The van der Waals surface area contributed by atoms with Gasteiger partial charge in [0.1, 0.15) is 5.75 Å². The highest BCUT2D eigenvalue weighted by atomic mass is 16.5. The molecule has 1 amide bonds. The zero-order valence-electron chi connectivity index (χ0n) is 15.3. The molecule has 0 spiro atoms. The van der Waals surface area contributed by atoms with Gasteiger partial charge in [0, 0.05) is 32.7 Å². The van der Waals surface area contributed by atoms with Gasteiger partial charge < -0.3 is 19.5 Å². The van der Waals surface area contributed by atoms with Gasteiger partial charge in [0.05, 0.1) is 12.7 Å². The molecule has 140 valence electrons. The second-order valence-corrected chi connectivity index (χ2v) is 6.65. The number of likely N-dealkylation sites (tertiary alicyclic amines) is 1. The van der Waals surface area contributed by atoms with E-state index in [0.29, 0.717) is 26.1 Å². The van der Waals surface area contributed by atoms with Crippen molar-refractivity contribution in [3.8, 4) is 5.75 Å². The predicted octanol–water partition coefficient (Wildman–Crippen LogP) is 2.93. The zero-order valence-corrected chi connectivity index (χ0v) is 15.3. The molecule has 0 bridgehead atoms. The monoisotopic (exact) mass is 349 g/mol. The first-order chi connectivity index (χ1) is 12.2. The van der Waals surface area contributed by atoms with E-state index >= 15 is 0 Å². The molecule has 1 aromatic carbocycles. The molecule has 1 N–H and O–H groups in total. The molecule has 5 nitrogen and oxygen atoms in total. The van der Waals surface area contributed by atoms with Crippen LogP contribution in [-0.4, -0.2) is 54.9 Å². The standard InChI is InChI=1S/C20H31NO4/c1-17-6-4-7-19(16-17)25-14-3-2-8-20(23)21-11-9-18(10-12-21)24-15-5-13-22/h4,6-7,16,18,22H,2-3,5,8-15H2,1H3. The largest absolute Gasteiger partial charge is 0.494 e. The molecular weight excluding hydrogens is 318 g/mol. The van der Waals surface area contributed by atoms with Crippen LogP contribution in [0.25, 0.3) is 0 Å². The van der Waals surface area contributed by atoms with Crippen LogP contribution in [0.2, 0.25) is 0 Å². The summed E-state index contributed by atoms with van der Waals surface area (Å²) in [6.07, 6.45) is 5.05. The Morgan fingerprint density at radius 2 is 2.00 bits per heavy atom. The molecule has 0 aromatic heterocycles. The molecule has 5 heteroatoms. The summed E-state index contributed by atoms with van der Waals surface area (Å²) in [5, 5.41) is 8.77. The number of nitrogens with zero attached hydrogens (tertiary/aromatic N) is 1. The van der Waals surface area contributed by atoms with E-state index in [4.69, 9.17) is 14.6 Å². The molecule has 25 heavy (non-hydrogen) atoms. The van der Waals surface area contributed by atoms with E-state index in [1.54, 1.807) is 0 Å². The molecule has 1 aliphatic heterocycles. The van der Waals surface area contributed by atoms with Gasteiger partial charge in [0.25, 0.3) is 0 Å². The normalized spacial score (nSPS) is 15.4. The van der Waals surface area contributed by atoms with Gasteiger partial charge in [-0.2, -0.15) is 0 Å². The Balaban J connectivity index is 1.54. The highest BCUT2D eigenvalue weighted by Gasteiger charge is 2.22. The van der Waals surface area contributed by atoms with Crippen LogP contribution < -0.4 is 4.74 Å². The van der Waals surface area contributed by atoms with Crippen molar-refractivity contribution in [1.29, 1.82) is 0 Å². The maximum Gasteiger partial charge on any atom is 0.222 e. The van der Waals surface area contributed by atoms with Crippen LogP contribution in [0, 0.1) is 6.92 Å². The SMILES string of the molecule is Cc1cccc(OCCCCC(=O)N2CCC(OCCCO)CC2)c1. The van der Waals surface area contributed by atoms with E-state index in [0.717, 1.165) is 44.5 Å². The van der Waals surface area contributed by atoms with Crippen molar-refractivity contribution in [1.82, 2.24) is 4.90 Å². The quantitative estimate of drug-likeness (QED) is 0.660. The summed E-state index contributed by atoms with van der Waals surface area (Å²) < 4.78 is 11.4. The van der Waals surface area contributed by atoms with Gasteiger partial charge in [-0.05, 0) is 56.7 Å². The van der Waals surface area contributed by atoms with Crippen LogP contribution in [0.15, 0.2) is 24.3 Å². The van der Waals surface area contributed by atoms with Crippen molar-refractivity contribution in [2.75, 3.05) is 32.9 Å². The Kier molecular flexibility index (Phi) is 8.77. The van der Waals surface area contributed by atoms with Gasteiger partial charge in [0.2, 0.25) is 5.91 Å². The fourth-order valence-electron chi connectivity index (χ4n) is 3.02. The molecule has 0 atom stereocenters. The van der Waals surface area contributed by atoms with Crippen molar-refractivity contribution < 1.29 is 19.4 Å². The number of aryl methyl sites for hydroxylation is 1.